The number of amides is 1. The Morgan fingerprint density at radius 1 is 1.00 bits per heavy atom. The standard InChI is InChI=1S/C27H23N7O2/c1-17(2)34-25-19(13-30-34)11-20(14-28-25)31-27(35)22-12-24(18-7-4-3-5-8-18)32-26-23(22)15-29-33(26)16-21-9-6-10-36-21/h3-15,17H,16H2,1-2H3,(H,31,35). The van der Waals surface area contributed by atoms with Gasteiger partial charge in [-0.2, -0.15) is 10.2 Å². The quantitative estimate of drug-likeness (QED) is 0.348. The highest BCUT2D eigenvalue weighted by molar-refractivity contribution is 6.13. The number of nitrogens with one attached hydrogen (secondary N) is 1. The molecule has 0 aliphatic heterocycles. The molecule has 0 unspecified atom stereocenters. The van der Waals surface area contributed by atoms with E-state index in [2.05, 4.69) is 34.3 Å². The van der Waals surface area contributed by atoms with E-state index >= 15 is 0 Å². The average molecular weight is 478 g/mol. The van der Waals surface area contributed by atoms with E-state index in [4.69, 9.17) is 9.40 Å². The first-order valence-electron chi connectivity index (χ1n) is 11.7. The highest BCUT2D eigenvalue weighted by Crippen LogP contribution is 2.27. The van der Waals surface area contributed by atoms with Crippen molar-refractivity contribution in [3.05, 3.63) is 90.8 Å². The number of pyridine rings is 2. The van der Waals surface area contributed by atoms with Crippen LogP contribution in [0.25, 0.3) is 33.3 Å². The van der Waals surface area contributed by atoms with Gasteiger partial charge in [0, 0.05) is 17.0 Å². The predicted molar refractivity (Wildman–Crippen MR) is 137 cm³/mol. The van der Waals surface area contributed by atoms with Crippen LogP contribution in [0.4, 0.5) is 5.69 Å². The van der Waals surface area contributed by atoms with Gasteiger partial charge in [-0.25, -0.2) is 19.3 Å². The zero-order valence-corrected chi connectivity index (χ0v) is 19.8. The molecule has 0 radical (unpaired) electrons. The van der Waals surface area contributed by atoms with Crippen molar-refractivity contribution < 1.29 is 9.21 Å². The third-order valence-electron chi connectivity index (χ3n) is 5.99. The molecule has 6 aromatic rings. The van der Waals surface area contributed by atoms with Crippen molar-refractivity contribution >= 4 is 33.7 Å². The maximum Gasteiger partial charge on any atom is 0.256 e. The molecule has 1 N–H and O–H groups in total. The van der Waals surface area contributed by atoms with Gasteiger partial charge in [-0.3, -0.25) is 4.79 Å². The van der Waals surface area contributed by atoms with E-state index in [1.165, 1.54) is 0 Å². The van der Waals surface area contributed by atoms with Crippen molar-refractivity contribution in [2.24, 2.45) is 0 Å². The van der Waals surface area contributed by atoms with E-state index in [-0.39, 0.29) is 11.9 Å². The normalized spacial score (nSPS) is 11.5. The topological polar surface area (TPSA) is 104 Å². The number of hydrogen-bond donors (Lipinski definition) is 1. The molecule has 0 bridgehead atoms. The van der Waals surface area contributed by atoms with Gasteiger partial charge in [-0.05, 0) is 38.1 Å². The smallest absolute Gasteiger partial charge is 0.256 e. The number of hydrogen-bond acceptors (Lipinski definition) is 6. The number of benzene rings is 1. The molecule has 5 aromatic heterocycles. The highest BCUT2D eigenvalue weighted by Gasteiger charge is 2.19. The second-order valence-electron chi connectivity index (χ2n) is 8.81. The molecular formula is C27H23N7O2. The summed E-state index contributed by atoms with van der Waals surface area (Å²) in [5, 5.41) is 13.4. The fourth-order valence-electron chi connectivity index (χ4n) is 4.24. The Bertz CT molecular complexity index is 1680. The molecule has 9 nitrogen and oxygen atoms in total. The molecular weight excluding hydrogens is 454 g/mol. The molecule has 0 aliphatic rings. The molecule has 0 saturated carbocycles. The lowest BCUT2D eigenvalue weighted by molar-refractivity contribution is 0.102. The van der Waals surface area contributed by atoms with Crippen LogP contribution in [0.5, 0.6) is 0 Å². The molecule has 0 spiro atoms. The third kappa shape index (κ3) is 3.90. The molecule has 9 heteroatoms. The molecule has 0 atom stereocenters. The van der Waals surface area contributed by atoms with E-state index in [1.54, 1.807) is 35.6 Å². The molecule has 0 saturated heterocycles. The molecule has 1 amide bonds. The van der Waals surface area contributed by atoms with E-state index in [0.29, 0.717) is 34.5 Å². The summed E-state index contributed by atoms with van der Waals surface area (Å²) in [5.41, 5.74) is 4.03. The first-order valence-corrected chi connectivity index (χ1v) is 11.7. The number of furan rings is 1. The lowest BCUT2D eigenvalue weighted by Crippen LogP contribution is -2.13. The van der Waals surface area contributed by atoms with E-state index in [1.807, 2.05) is 53.2 Å². The minimum absolute atomic E-state index is 0.190. The van der Waals surface area contributed by atoms with E-state index in [9.17, 15) is 4.79 Å². The summed E-state index contributed by atoms with van der Waals surface area (Å²) in [5.74, 6) is 0.480. The number of anilines is 1. The lowest BCUT2D eigenvalue weighted by Gasteiger charge is -2.10. The molecule has 0 aliphatic carbocycles. The van der Waals surface area contributed by atoms with Crippen LogP contribution in [-0.4, -0.2) is 35.4 Å². The lowest BCUT2D eigenvalue weighted by atomic mass is 10.1. The van der Waals surface area contributed by atoms with Crippen molar-refractivity contribution in [1.29, 1.82) is 0 Å². The monoisotopic (exact) mass is 477 g/mol. The van der Waals surface area contributed by atoms with Gasteiger partial charge < -0.3 is 9.73 Å². The Morgan fingerprint density at radius 2 is 1.86 bits per heavy atom. The fourth-order valence-corrected chi connectivity index (χ4v) is 4.24. The minimum atomic E-state index is -0.269. The summed E-state index contributed by atoms with van der Waals surface area (Å²) in [6, 6.07) is 17.3. The van der Waals surface area contributed by atoms with E-state index in [0.717, 1.165) is 22.4 Å². The number of fused-ring (bicyclic) bond motifs is 2. The SMILES string of the molecule is CC(C)n1ncc2cc(NC(=O)c3cc(-c4ccccc4)nc4c3cnn4Cc3ccco3)cnc21. The van der Waals surface area contributed by atoms with Crippen molar-refractivity contribution in [3.8, 4) is 11.3 Å². The maximum atomic E-state index is 13.5. The number of nitrogens with zero attached hydrogens (tertiary/aromatic N) is 6. The highest BCUT2D eigenvalue weighted by atomic mass is 16.3. The van der Waals surface area contributed by atoms with Crippen LogP contribution in [0.15, 0.2) is 83.9 Å². The van der Waals surface area contributed by atoms with Crippen molar-refractivity contribution in [2.75, 3.05) is 5.32 Å². The van der Waals surface area contributed by atoms with Crippen LogP contribution < -0.4 is 5.32 Å². The van der Waals surface area contributed by atoms with Gasteiger partial charge in [0.2, 0.25) is 0 Å². The molecule has 1 aromatic carbocycles. The largest absolute Gasteiger partial charge is 0.467 e. The van der Waals surface area contributed by atoms with Crippen LogP contribution in [0, 0.1) is 0 Å². The van der Waals surface area contributed by atoms with Gasteiger partial charge in [-0.15, -0.1) is 0 Å². The molecule has 6 rings (SSSR count). The molecule has 5 heterocycles. The van der Waals surface area contributed by atoms with Gasteiger partial charge in [0.1, 0.15) is 12.3 Å². The fraction of sp³-hybridized carbons (Fsp3) is 0.148. The second-order valence-corrected chi connectivity index (χ2v) is 8.81. The number of carbonyl (C=O) groups excluding carboxylic acids is 1. The average Bonchev–Trinajstić information content (AvgIpc) is 3.64. The van der Waals surface area contributed by atoms with Crippen molar-refractivity contribution in [1.82, 2.24) is 29.5 Å². The minimum Gasteiger partial charge on any atom is -0.467 e. The Kier molecular flexibility index (Phi) is 5.29. The Hall–Kier alpha value is -4.79. The van der Waals surface area contributed by atoms with Gasteiger partial charge in [-0.1, -0.05) is 30.3 Å². The molecule has 36 heavy (non-hydrogen) atoms. The predicted octanol–water partition coefficient (Wildman–Crippen LogP) is 5.32. The summed E-state index contributed by atoms with van der Waals surface area (Å²) < 4.78 is 9.09. The second kappa shape index (κ2) is 8.77. The molecule has 178 valence electrons. The van der Waals surface area contributed by atoms with Crippen molar-refractivity contribution in [2.45, 2.75) is 26.4 Å². The van der Waals surface area contributed by atoms with Crippen LogP contribution in [0.1, 0.15) is 36.0 Å². The summed E-state index contributed by atoms with van der Waals surface area (Å²) >= 11 is 0. The van der Waals surface area contributed by atoms with Gasteiger partial charge in [0.05, 0.1) is 47.2 Å². The summed E-state index contributed by atoms with van der Waals surface area (Å²) in [7, 11) is 0. The van der Waals surface area contributed by atoms with Crippen LogP contribution in [0.3, 0.4) is 0 Å². The Balaban J connectivity index is 1.41. The summed E-state index contributed by atoms with van der Waals surface area (Å²) in [6.07, 6.45) is 6.70. The van der Waals surface area contributed by atoms with Crippen LogP contribution in [-0.2, 0) is 6.54 Å². The van der Waals surface area contributed by atoms with Crippen LogP contribution >= 0.6 is 0 Å². The third-order valence-corrected chi connectivity index (χ3v) is 5.99. The number of rotatable bonds is 6. The van der Waals surface area contributed by atoms with Gasteiger partial charge >= 0.3 is 0 Å². The Labute approximate surface area is 206 Å². The first-order chi connectivity index (χ1) is 17.6. The number of aromatic nitrogens is 6. The van der Waals surface area contributed by atoms with Crippen LogP contribution in [0.2, 0.25) is 0 Å². The van der Waals surface area contributed by atoms with Crippen molar-refractivity contribution in [3.63, 3.8) is 0 Å². The van der Waals surface area contributed by atoms with Gasteiger partial charge in [0.25, 0.3) is 5.91 Å². The Morgan fingerprint density at radius 3 is 2.64 bits per heavy atom. The number of carbonyl (C=O) groups is 1. The zero-order valence-electron chi connectivity index (χ0n) is 19.8. The first kappa shape index (κ1) is 21.7. The van der Waals surface area contributed by atoms with E-state index < -0.39 is 0 Å². The molecule has 0 fully saturated rings. The summed E-state index contributed by atoms with van der Waals surface area (Å²) in [6.45, 7) is 4.51. The zero-order chi connectivity index (χ0) is 24.6. The summed E-state index contributed by atoms with van der Waals surface area (Å²) in [4.78, 5) is 22.9. The van der Waals surface area contributed by atoms with Gasteiger partial charge in [0.15, 0.2) is 11.3 Å². The maximum absolute atomic E-state index is 13.5.